The molecule has 144 valence electrons. The van der Waals surface area contributed by atoms with Gasteiger partial charge in [0.25, 0.3) is 5.91 Å². The van der Waals surface area contributed by atoms with Crippen LogP contribution in [-0.2, 0) is 6.54 Å². The van der Waals surface area contributed by atoms with Crippen molar-refractivity contribution < 1.29 is 9.32 Å². The number of carbonyl (C=O) groups excluding carboxylic acids is 1. The first-order chi connectivity index (χ1) is 13.7. The number of piperidine rings is 1. The summed E-state index contributed by atoms with van der Waals surface area (Å²) in [5.41, 5.74) is 2.73. The average molecular weight is 376 g/mol. The van der Waals surface area contributed by atoms with Gasteiger partial charge in [-0.05, 0) is 30.5 Å². The van der Waals surface area contributed by atoms with Crippen LogP contribution >= 0.6 is 0 Å². The smallest absolute Gasteiger partial charge is 0.251 e. The summed E-state index contributed by atoms with van der Waals surface area (Å²) in [7, 11) is 0. The molecule has 1 saturated heterocycles. The van der Waals surface area contributed by atoms with E-state index >= 15 is 0 Å². The highest BCUT2D eigenvalue weighted by atomic mass is 16.5. The molecule has 1 fully saturated rings. The Bertz CT molecular complexity index is 930. The summed E-state index contributed by atoms with van der Waals surface area (Å²) in [6, 6.07) is 18.1. The highest BCUT2D eigenvalue weighted by Gasteiger charge is 2.21. The van der Waals surface area contributed by atoms with Crippen LogP contribution in [0.15, 0.2) is 59.1 Å². The van der Waals surface area contributed by atoms with Crippen molar-refractivity contribution in [3.05, 3.63) is 71.6 Å². The predicted molar refractivity (Wildman–Crippen MR) is 107 cm³/mol. The molecule has 1 N–H and O–H groups in total. The van der Waals surface area contributed by atoms with Gasteiger partial charge >= 0.3 is 0 Å². The first-order valence-corrected chi connectivity index (χ1v) is 9.65. The zero-order valence-electron chi connectivity index (χ0n) is 16.0. The molecule has 6 nitrogen and oxygen atoms in total. The number of benzene rings is 2. The van der Waals surface area contributed by atoms with Crippen molar-refractivity contribution in [2.75, 3.05) is 13.1 Å². The van der Waals surface area contributed by atoms with Gasteiger partial charge in [-0.15, -0.1) is 0 Å². The summed E-state index contributed by atoms with van der Waals surface area (Å²) in [4.78, 5) is 19.4. The molecule has 0 radical (unpaired) electrons. The lowest BCUT2D eigenvalue weighted by Gasteiger charge is -2.32. The molecular weight excluding hydrogens is 352 g/mol. The van der Waals surface area contributed by atoms with E-state index in [1.807, 2.05) is 30.3 Å². The number of nitrogens with one attached hydrogen (secondary N) is 1. The van der Waals surface area contributed by atoms with E-state index in [2.05, 4.69) is 44.6 Å². The first kappa shape index (κ1) is 18.4. The SMILES string of the molecule is Cc1nc(-c2cccc(C(=O)NC3CCN(Cc4ccccc4)CC3)c2)no1. The molecule has 0 unspecified atom stereocenters. The lowest BCUT2D eigenvalue weighted by Crippen LogP contribution is -2.44. The van der Waals surface area contributed by atoms with Crippen molar-refractivity contribution in [3.63, 3.8) is 0 Å². The van der Waals surface area contributed by atoms with Crippen LogP contribution in [0.5, 0.6) is 0 Å². The molecule has 0 spiro atoms. The van der Waals surface area contributed by atoms with Crippen molar-refractivity contribution in [2.45, 2.75) is 32.4 Å². The van der Waals surface area contributed by atoms with Gasteiger partial charge in [-0.2, -0.15) is 4.98 Å². The second-order valence-corrected chi connectivity index (χ2v) is 7.23. The lowest BCUT2D eigenvalue weighted by molar-refractivity contribution is 0.0909. The standard InChI is InChI=1S/C22H24N4O2/c1-16-23-21(25-28-16)18-8-5-9-19(14-18)22(27)24-20-10-12-26(13-11-20)15-17-6-3-2-4-7-17/h2-9,14,20H,10-13,15H2,1H3,(H,24,27). The molecule has 3 aromatic rings. The molecule has 6 heteroatoms. The number of rotatable bonds is 5. The summed E-state index contributed by atoms with van der Waals surface area (Å²) in [5.74, 6) is 0.956. The third-order valence-electron chi connectivity index (χ3n) is 5.08. The molecule has 2 aromatic carbocycles. The van der Waals surface area contributed by atoms with Crippen molar-refractivity contribution in [2.24, 2.45) is 0 Å². The van der Waals surface area contributed by atoms with Gasteiger partial charge in [0.2, 0.25) is 11.7 Å². The van der Waals surface area contributed by atoms with E-state index in [0.717, 1.165) is 38.0 Å². The molecule has 1 aliphatic heterocycles. The van der Waals surface area contributed by atoms with Gasteiger partial charge in [-0.1, -0.05) is 47.6 Å². The quantitative estimate of drug-likeness (QED) is 0.739. The molecular formula is C22H24N4O2. The molecule has 0 bridgehead atoms. The van der Waals surface area contributed by atoms with Crippen LogP contribution in [-0.4, -0.2) is 40.1 Å². The van der Waals surface area contributed by atoms with Crippen LogP contribution < -0.4 is 5.32 Å². The largest absolute Gasteiger partial charge is 0.349 e. The van der Waals surface area contributed by atoms with Crippen LogP contribution in [0.3, 0.4) is 0 Å². The molecule has 0 saturated carbocycles. The minimum absolute atomic E-state index is 0.0522. The third kappa shape index (κ3) is 4.46. The first-order valence-electron chi connectivity index (χ1n) is 9.65. The van der Waals surface area contributed by atoms with Crippen LogP contribution in [0.4, 0.5) is 0 Å². The highest BCUT2D eigenvalue weighted by molar-refractivity contribution is 5.95. The van der Waals surface area contributed by atoms with Crippen molar-refractivity contribution in [1.29, 1.82) is 0 Å². The topological polar surface area (TPSA) is 71.3 Å². The maximum atomic E-state index is 12.7. The van der Waals surface area contributed by atoms with Gasteiger partial charge in [0.1, 0.15) is 0 Å². The van der Waals surface area contributed by atoms with Gasteiger partial charge in [-0.3, -0.25) is 9.69 Å². The van der Waals surface area contributed by atoms with Gasteiger partial charge < -0.3 is 9.84 Å². The molecule has 0 atom stereocenters. The Labute approximate surface area is 164 Å². The fourth-order valence-electron chi connectivity index (χ4n) is 3.56. The number of hydrogen-bond donors (Lipinski definition) is 1. The summed E-state index contributed by atoms with van der Waals surface area (Å²) in [5, 5.41) is 7.10. The number of hydrogen-bond acceptors (Lipinski definition) is 5. The van der Waals surface area contributed by atoms with Gasteiger partial charge in [-0.25, -0.2) is 0 Å². The third-order valence-corrected chi connectivity index (χ3v) is 5.08. The van der Waals surface area contributed by atoms with Gasteiger partial charge in [0, 0.05) is 43.7 Å². The highest BCUT2D eigenvalue weighted by Crippen LogP contribution is 2.18. The Balaban J connectivity index is 1.32. The predicted octanol–water partition coefficient (Wildman–Crippen LogP) is 3.44. The Morgan fingerprint density at radius 3 is 2.64 bits per heavy atom. The van der Waals surface area contributed by atoms with Crippen molar-refractivity contribution in [1.82, 2.24) is 20.4 Å². The zero-order chi connectivity index (χ0) is 19.3. The number of aryl methyl sites for hydroxylation is 1. The maximum absolute atomic E-state index is 12.7. The molecule has 1 amide bonds. The molecule has 28 heavy (non-hydrogen) atoms. The Morgan fingerprint density at radius 1 is 1.14 bits per heavy atom. The van der Waals surface area contributed by atoms with Crippen LogP contribution in [0.25, 0.3) is 11.4 Å². The van der Waals surface area contributed by atoms with E-state index in [-0.39, 0.29) is 11.9 Å². The summed E-state index contributed by atoms with van der Waals surface area (Å²) < 4.78 is 5.03. The van der Waals surface area contributed by atoms with Crippen molar-refractivity contribution >= 4 is 5.91 Å². The normalized spacial score (nSPS) is 15.5. The maximum Gasteiger partial charge on any atom is 0.251 e. The fourth-order valence-corrected chi connectivity index (χ4v) is 3.56. The number of carbonyl (C=O) groups is 1. The summed E-state index contributed by atoms with van der Waals surface area (Å²) >= 11 is 0. The second kappa shape index (κ2) is 8.35. The Kier molecular flexibility index (Phi) is 5.48. The van der Waals surface area contributed by atoms with Gasteiger partial charge in [0.15, 0.2) is 0 Å². The van der Waals surface area contributed by atoms with E-state index in [9.17, 15) is 4.79 Å². The molecule has 4 rings (SSSR count). The summed E-state index contributed by atoms with van der Waals surface area (Å²) in [6.45, 7) is 4.69. The number of likely N-dealkylation sites (tertiary alicyclic amines) is 1. The minimum Gasteiger partial charge on any atom is -0.349 e. The molecule has 0 aliphatic carbocycles. The lowest BCUT2D eigenvalue weighted by atomic mass is 10.0. The van der Waals surface area contributed by atoms with Gasteiger partial charge in [0.05, 0.1) is 0 Å². The van der Waals surface area contributed by atoms with E-state index in [0.29, 0.717) is 17.3 Å². The molecule has 1 aromatic heterocycles. The van der Waals surface area contributed by atoms with Crippen LogP contribution in [0.2, 0.25) is 0 Å². The molecule has 1 aliphatic rings. The Morgan fingerprint density at radius 2 is 1.93 bits per heavy atom. The summed E-state index contributed by atoms with van der Waals surface area (Å²) in [6.07, 6.45) is 1.92. The fraction of sp³-hybridized carbons (Fsp3) is 0.318. The number of nitrogens with zero attached hydrogens (tertiary/aromatic N) is 3. The van der Waals surface area contributed by atoms with E-state index in [1.165, 1.54) is 5.56 Å². The monoisotopic (exact) mass is 376 g/mol. The number of amides is 1. The van der Waals surface area contributed by atoms with E-state index in [4.69, 9.17) is 4.52 Å². The van der Waals surface area contributed by atoms with Crippen molar-refractivity contribution in [3.8, 4) is 11.4 Å². The molecule has 2 heterocycles. The van der Waals surface area contributed by atoms with Crippen LogP contribution in [0, 0.1) is 6.92 Å². The number of aromatic nitrogens is 2. The average Bonchev–Trinajstić information content (AvgIpc) is 3.17. The second-order valence-electron chi connectivity index (χ2n) is 7.23. The Hall–Kier alpha value is -2.99. The van der Waals surface area contributed by atoms with Crippen LogP contribution in [0.1, 0.15) is 34.7 Å². The minimum atomic E-state index is -0.0522. The van der Waals surface area contributed by atoms with E-state index < -0.39 is 0 Å². The van der Waals surface area contributed by atoms with E-state index in [1.54, 1.807) is 6.92 Å². The zero-order valence-corrected chi connectivity index (χ0v) is 16.0.